The molecular formula is C20H28N4O3. The summed E-state index contributed by atoms with van der Waals surface area (Å²) in [6.45, 7) is 4.00. The van der Waals surface area contributed by atoms with Gasteiger partial charge in [-0.1, -0.05) is 37.6 Å². The minimum atomic E-state index is -0.261. The highest BCUT2D eigenvalue weighted by Crippen LogP contribution is 2.23. The van der Waals surface area contributed by atoms with Crippen molar-refractivity contribution >= 4 is 17.7 Å². The van der Waals surface area contributed by atoms with E-state index >= 15 is 0 Å². The van der Waals surface area contributed by atoms with Crippen LogP contribution in [0.1, 0.15) is 42.1 Å². The van der Waals surface area contributed by atoms with Crippen molar-refractivity contribution in [2.45, 2.75) is 45.6 Å². The zero-order valence-corrected chi connectivity index (χ0v) is 16.2. The van der Waals surface area contributed by atoms with E-state index in [4.69, 9.17) is 10.5 Å². The molecule has 0 amide bonds. The third-order valence-corrected chi connectivity index (χ3v) is 4.41. The van der Waals surface area contributed by atoms with Crippen molar-refractivity contribution in [3.8, 4) is 0 Å². The number of nitrogens with zero attached hydrogens (tertiary/aromatic N) is 2. The molecule has 0 unspecified atom stereocenters. The van der Waals surface area contributed by atoms with Crippen molar-refractivity contribution in [1.29, 1.82) is 0 Å². The Morgan fingerprint density at radius 1 is 1.26 bits per heavy atom. The van der Waals surface area contributed by atoms with E-state index in [-0.39, 0.29) is 31.0 Å². The molecule has 4 N–H and O–H groups in total. The molecule has 7 heteroatoms. The summed E-state index contributed by atoms with van der Waals surface area (Å²) in [5, 5.41) is 12.9. The van der Waals surface area contributed by atoms with Crippen molar-refractivity contribution in [3.05, 3.63) is 46.6 Å². The van der Waals surface area contributed by atoms with Crippen LogP contribution in [0.15, 0.2) is 24.3 Å². The number of nitrogen functional groups attached to an aromatic ring is 1. The van der Waals surface area contributed by atoms with Crippen LogP contribution in [0.4, 0.5) is 11.8 Å². The number of carbonyl (C=O) groups is 1. The number of rotatable bonds is 9. The Hall–Kier alpha value is -2.67. The van der Waals surface area contributed by atoms with E-state index < -0.39 is 0 Å². The van der Waals surface area contributed by atoms with Crippen LogP contribution in [-0.2, 0) is 22.4 Å². The number of ether oxygens (including phenoxy) is 1. The molecule has 146 valence electrons. The summed E-state index contributed by atoms with van der Waals surface area (Å²) in [5.41, 5.74) is 9.54. The topological polar surface area (TPSA) is 110 Å². The lowest BCUT2D eigenvalue weighted by molar-refractivity contribution is -0.139. The Morgan fingerprint density at radius 3 is 2.52 bits per heavy atom. The number of nitrogens with two attached hydrogens (primary N) is 1. The molecule has 2 rings (SSSR count). The number of methoxy groups -OCH3 is 1. The zero-order valence-electron chi connectivity index (χ0n) is 16.2. The SMILES string of the molecule is CCC[C@@H](CO)Nc1nc(N)nc(C)c1Cc1ccc(CC(=O)OC)cc1. The summed E-state index contributed by atoms with van der Waals surface area (Å²) < 4.78 is 4.69. The molecule has 0 aliphatic heterocycles. The molecule has 1 atom stereocenters. The maximum Gasteiger partial charge on any atom is 0.309 e. The van der Waals surface area contributed by atoms with Crippen molar-refractivity contribution in [2.24, 2.45) is 0 Å². The lowest BCUT2D eigenvalue weighted by Gasteiger charge is -2.20. The third-order valence-electron chi connectivity index (χ3n) is 4.41. The second-order valence-corrected chi connectivity index (χ2v) is 6.55. The van der Waals surface area contributed by atoms with Gasteiger partial charge < -0.3 is 20.9 Å². The Kier molecular flexibility index (Phi) is 7.55. The molecule has 0 fully saturated rings. The molecule has 0 spiro atoms. The van der Waals surface area contributed by atoms with Gasteiger partial charge in [0.25, 0.3) is 0 Å². The van der Waals surface area contributed by atoms with Gasteiger partial charge in [0.2, 0.25) is 5.95 Å². The van der Waals surface area contributed by atoms with Crippen LogP contribution >= 0.6 is 0 Å². The van der Waals surface area contributed by atoms with E-state index in [2.05, 4.69) is 22.2 Å². The molecule has 1 heterocycles. The number of hydrogen-bond donors (Lipinski definition) is 3. The van der Waals surface area contributed by atoms with E-state index in [1.165, 1.54) is 7.11 Å². The van der Waals surface area contributed by atoms with Crippen LogP contribution in [0, 0.1) is 6.92 Å². The summed E-state index contributed by atoms with van der Waals surface area (Å²) in [7, 11) is 1.38. The first-order valence-electron chi connectivity index (χ1n) is 9.11. The number of carbonyl (C=O) groups excluding carboxylic acids is 1. The van der Waals surface area contributed by atoms with Crippen molar-refractivity contribution in [3.63, 3.8) is 0 Å². The Bertz CT molecular complexity index is 763. The number of aryl methyl sites for hydroxylation is 1. The average molecular weight is 372 g/mol. The Labute approximate surface area is 160 Å². The summed E-state index contributed by atoms with van der Waals surface area (Å²) in [5.74, 6) is 0.606. The van der Waals surface area contributed by atoms with Crippen LogP contribution in [0.2, 0.25) is 0 Å². The Morgan fingerprint density at radius 2 is 1.93 bits per heavy atom. The zero-order chi connectivity index (χ0) is 19.8. The average Bonchev–Trinajstić information content (AvgIpc) is 2.65. The van der Waals surface area contributed by atoms with Crippen LogP contribution in [-0.4, -0.2) is 40.8 Å². The van der Waals surface area contributed by atoms with E-state index in [1.807, 2.05) is 31.2 Å². The lowest BCUT2D eigenvalue weighted by atomic mass is 10.0. The number of hydrogen-bond acceptors (Lipinski definition) is 7. The molecular weight excluding hydrogens is 344 g/mol. The van der Waals surface area contributed by atoms with Gasteiger partial charge >= 0.3 is 5.97 Å². The van der Waals surface area contributed by atoms with Gasteiger partial charge in [0.05, 0.1) is 26.2 Å². The van der Waals surface area contributed by atoms with Gasteiger partial charge in [0.1, 0.15) is 5.82 Å². The van der Waals surface area contributed by atoms with Gasteiger partial charge in [-0.2, -0.15) is 4.98 Å². The molecule has 0 bridgehead atoms. The predicted octanol–water partition coefficient (Wildman–Crippen LogP) is 2.25. The van der Waals surface area contributed by atoms with E-state index in [9.17, 15) is 9.90 Å². The third kappa shape index (κ3) is 5.92. The highest BCUT2D eigenvalue weighted by Gasteiger charge is 2.15. The smallest absolute Gasteiger partial charge is 0.309 e. The second kappa shape index (κ2) is 9.87. The molecule has 0 saturated carbocycles. The van der Waals surface area contributed by atoms with Crippen LogP contribution in [0.25, 0.3) is 0 Å². The van der Waals surface area contributed by atoms with Gasteiger partial charge in [-0.3, -0.25) is 4.79 Å². The molecule has 1 aromatic carbocycles. The fourth-order valence-electron chi connectivity index (χ4n) is 2.92. The molecule has 7 nitrogen and oxygen atoms in total. The standard InChI is InChI=1S/C20H28N4O3/c1-4-5-16(12-25)23-19-17(13(2)22-20(21)24-19)10-14-6-8-15(9-7-14)11-18(26)27-3/h6-9,16,25H,4-5,10-12H2,1-3H3,(H3,21,22,23,24)/t16-/m0/s1. The molecule has 0 radical (unpaired) electrons. The first-order valence-corrected chi connectivity index (χ1v) is 9.11. The van der Waals surface area contributed by atoms with E-state index in [1.54, 1.807) is 0 Å². The molecule has 0 aliphatic carbocycles. The number of aromatic nitrogens is 2. The first-order chi connectivity index (χ1) is 13.0. The molecule has 0 aliphatic rings. The second-order valence-electron chi connectivity index (χ2n) is 6.55. The van der Waals surface area contributed by atoms with Gasteiger partial charge in [-0.25, -0.2) is 4.98 Å². The minimum absolute atomic E-state index is 0.0263. The highest BCUT2D eigenvalue weighted by molar-refractivity contribution is 5.72. The van der Waals surface area contributed by atoms with Gasteiger partial charge in [0.15, 0.2) is 0 Å². The summed E-state index contributed by atoms with van der Waals surface area (Å²) in [6.07, 6.45) is 2.66. The largest absolute Gasteiger partial charge is 0.469 e. The summed E-state index contributed by atoms with van der Waals surface area (Å²) >= 11 is 0. The fourth-order valence-corrected chi connectivity index (χ4v) is 2.92. The van der Waals surface area contributed by atoms with E-state index in [0.717, 1.165) is 35.2 Å². The quantitative estimate of drug-likeness (QED) is 0.579. The van der Waals surface area contributed by atoms with Gasteiger partial charge in [-0.05, 0) is 24.5 Å². The summed E-state index contributed by atoms with van der Waals surface area (Å²) in [4.78, 5) is 20.0. The van der Waals surface area contributed by atoms with Crippen molar-refractivity contribution in [2.75, 3.05) is 24.8 Å². The minimum Gasteiger partial charge on any atom is -0.469 e. The molecule has 0 saturated heterocycles. The number of aliphatic hydroxyl groups is 1. The fraction of sp³-hybridized carbons (Fsp3) is 0.450. The maximum absolute atomic E-state index is 11.4. The number of nitrogens with one attached hydrogen (secondary N) is 1. The van der Waals surface area contributed by atoms with Gasteiger partial charge in [0, 0.05) is 17.7 Å². The predicted molar refractivity (Wildman–Crippen MR) is 106 cm³/mol. The molecule has 27 heavy (non-hydrogen) atoms. The summed E-state index contributed by atoms with van der Waals surface area (Å²) in [6, 6.07) is 7.71. The van der Waals surface area contributed by atoms with Gasteiger partial charge in [-0.15, -0.1) is 0 Å². The normalized spacial score (nSPS) is 11.9. The lowest BCUT2D eigenvalue weighted by Crippen LogP contribution is -2.25. The monoisotopic (exact) mass is 372 g/mol. The van der Waals surface area contributed by atoms with Crippen molar-refractivity contribution in [1.82, 2.24) is 9.97 Å². The highest BCUT2D eigenvalue weighted by atomic mass is 16.5. The van der Waals surface area contributed by atoms with Crippen molar-refractivity contribution < 1.29 is 14.6 Å². The van der Waals surface area contributed by atoms with Crippen LogP contribution < -0.4 is 11.1 Å². The maximum atomic E-state index is 11.4. The number of aliphatic hydroxyl groups excluding tert-OH is 1. The number of benzene rings is 1. The first kappa shape index (κ1) is 20.6. The van der Waals surface area contributed by atoms with Crippen LogP contribution in [0.5, 0.6) is 0 Å². The van der Waals surface area contributed by atoms with Crippen LogP contribution in [0.3, 0.4) is 0 Å². The van der Waals surface area contributed by atoms with E-state index in [0.29, 0.717) is 12.2 Å². The Balaban J connectivity index is 2.23. The number of esters is 1. The molecule has 1 aromatic heterocycles. The molecule has 2 aromatic rings. The number of anilines is 2.